The normalized spacial score (nSPS) is 11.9. The third-order valence-electron chi connectivity index (χ3n) is 6.29. The molecule has 0 aliphatic heterocycles. The molecule has 6 rings (SSSR count). The fourth-order valence-corrected chi connectivity index (χ4v) is 4.78. The molecule has 0 radical (unpaired) electrons. The van der Waals surface area contributed by atoms with Gasteiger partial charge in [0.2, 0.25) is 0 Å². The molecule has 4 aromatic carbocycles. The summed E-state index contributed by atoms with van der Waals surface area (Å²) in [7, 11) is 0. The molecule has 0 saturated heterocycles. The molecule has 0 unspecified atom stereocenters. The highest BCUT2D eigenvalue weighted by Crippen LogP contribution is 2.39. The van der Waals surface area contributed by atoms with E-state index in [9.17, 15) is 0 Å². The predicted octanol–water partition coefficient (Wildman–Crippen LogP) is 5.88. The van der Waals surface area contributed by atoms with Crippen LogP contribution in [0.3, 0.4) is 0 Å². The summed E-state index contributed by atoms with van der Waals surface area (Å²) in [6, 6.07) is 38.0. The van der Waals surface area contributed by atoms with Crippen LogP contribution in [-0.2, 0) is 12.1 Å². The van der Waals surface area contributed by atoms with Crippen molar-refractivity contribution in [1.29, 1.82) is 0 Å². The van der Waals surface area contributed by atoms with Crippen LogP contribution in [-0.4, -0.2) is 19.1 Å². The van der Waals surface area contributed by atoms with Crippen LogP contribution >= 0.6 is 0 Å². The summed E-state index contributed by atoms with van der Waals surface area (Å²) in [4.78, 5) is 9.44. The Bertz CT molecular complexity index is 1460. The van der Waals surface area contributed by atoms with Crippen LogP contribution in [0, 0.1) is 0 Å². The van der Waals surface area contributed by atoms with E-state index in [0.29, 0.717) is 6.54 Å². The van der Waals surface area contributed by atoms with Gasteiger partial charge < -0.3 is 9.13 Å². The van der Waals surface area contributed by atoms with Gasteiger partial charge >= 0.3 is 0 Å². The molecule has 0 fully saturated rings. The molecule has 4 nitrogen and oxygen atoms in total. The summed E-state index contributed by atoms with van der Waals surface area (Å²) in [5.41, 5.74) is 6.09. The number of fused-ring (bicyclic) bond motifs is 2. The van der Waals surface area contributed by atoms with Crippen LogP contribution in [0.25, 0.3) is 22.1 Å². The number of para-hydroxylation sites is 4. The second kappa shape index (κ2) is 7.50. The van der Waals surface area contributed by atoms with Gasteiger partial charge in [-0.15, -0.1) is 0 Å². The quantitative estimate of drug-likeness (QED) is 0.353. The Morgan fingerprint density at radius 2 is 1.03 bits per heavy atom. The number of benzene rings is 4. The highest BCUT2D eigenvalue weighted by Gasteiger charge is 2.38. The van der Waals surface area contributed by atoms with Gasteiger partial charge in [0, 0.05) is 0 Å². The molecule has 2 heterocycles. The van der Waals surface area contributed by atoms with E-state index in [1.165, 1.54) is 11.1 Å². The fourth-order valence-electron chi connectivity index (χ4n) is 4.78. The highest BCUT2D eigenvalue weighted by atomic mass is 15.2. The standard InChI is InChI=1S/C28H22N4/c1-3-11-22(12-4-1)28(23-13-5-2-6-14-23,32-21-30-25-16-8-10-18-27(25)32)19-31-20-29-24-15-7-9-17-26(24)31/h1-18,20-21H,19H2. The molecule has 0 saturated carbocycles. The number of aromatic nitrogens is 4. The van der Waals surface area contributed by atoms with E-state index in [0.717, 1.165) is 22.1 Å². The zero-order valence-corrected chi connectivity index (χ0v) is 17.5. The fraction of sp³-hybridized carbons (Fsp3) is 0.0714. The SMILES string of the molecule is c1ccc(C(Cn2cnc3ccccc32)(c2ccccc2)n2cnc3ccccc32)cc1. The second-order valence-electron chi connectivity index (χ2n) is 8.06. The van der Waals surface area contributed by atoms with Crippen molar-refractivity contribution in [2.24, 2.45) is 0 Å². The van der Waals surface area contributed by atoms with E-state index in [4.69, 9.17) is 4.98 Å². The lowest BCUT2D eigenvalue weighted by Gasteiger charge is -2.37. The first kappa shape index (κ1) is 18.6. The van der Waals surface area contributed by atoms with E-state index < -0.39 is 5.54 Å². The minimum Gasteiger partial charge on any atom is -0.327 e. The number of imidazole rings is 2. The number of rotatable bonds is 5. The Kier molecular flexibility index (Phi) is 4.36. The maximum Gasteiger partial charge on any atom is 0.114 e. The van der Waals surface area contributed by atoms with Crippen molar-refractivity contribution in [3.05, 3.63) is 133 Å². The topological polar surface area (TPSA) is 35.6 Å². The van der Waals surface area contributed by atoms with Gasteiger partial charge in [-0.1, -0.05) is 84.9 Å². The molecule has 0 bridgehead atoms. The Morgan fingerprint density at radius 3 is 1.69 bits per heavy atom. The van der Waals surface area contributed by atoms with Crippen LogP contribution in [0.15, 0.2) is 122 Å². The van der Waals surface area contributed by atoms with E-state index >= 15 is 0 Å². The van der Waals surface area contributed by atoms with Crippen LogP contribution in [0.2, 0.25) is 0 Å². The Hall–Kier alpha value is -4.18. The van der Waals surface area contributed by atoms with Gasteiger partial charge in [0.1, 0.15) is 5.54 Å². The summed E-state index contributed by atoms with van der Waals surface area (Å²) in [6.07, 6.45) is 3.92. The molecule has 32 heavy (non-hydrogen) atoms. The largest absolute Gasteiger partial charge is 0.327 e. The molecule has 0 N–H and O–H groups in total. The van der Waals surface area contributed by atoms with Gasteiger partial charge in [-0.2, -0.15) is 0 Å². The van der Waals surface area contributed by atoms with Crippen molar-refractivity contribution >= 4 is 22.1 Å². The Morgan fingerprint density at radius 1 is 0.531 bits per heavy atom. The second-order valence-corrected chi connectivity index (χ2v) is 8.06. The number of hydrogen-bond donors (Lipinski definition) is 0. The van der Waals surface area contributed by atoms with Crippen molar-refractivity contribution < 1.29 is 0 Å². The molecule has 0 spiro atoms. The van der Waals surface area contributed by atoms with Gasteiger partial charge in [-0.25, -0.2) is 9.97 Å². The molecule has 2 aromatic heterocycles. The third kappa shape index (κ3) is 2.84. The molecule has 0 aliphatic rings. The maximum atomic E-state index is 4.77. The van der Waals surface area contributed by atoms with E-state index in [1.54, 1.807) is 0 Å². The van der Waals surface area contributed by atoms with Gasteiger partial charge in [0.25, 0.3) is 0 Å². The summed E-state index contributed by atoms with van der Waals surface area (Å²) < 4.78 is 4.58. The van der Waals surface area contributed by atoms with Crippen molar-refractivity contribution in [2.45, 2.75) is 12.1 Å². The van der Waals surface area contributed by atoms with Crippen molar-refractivity contribution in [1.82, 2.24) is 19.1 Å². The highest BCUT2D eigenvalue weighted by molar-refractivity contribution is 5.77. The number of nitrogens with zero attached hydrogens (tertiary/aromatic N) is 4. The van der Waals surface area contributed by atoms with Gasteiger partial charge in [0.15, 0.2) is 0 Å². The minimum absolute atomic E-state index is 0.512. The van der Waals surface area contributed by atoms with Crippen molar-refractivity contribution in [3.8, 4) is 0 Å². The zero-order chi connectivity index (χ0) is 21.4. The monoisotopic (exact) mass is 414 g/mol. The predicted molar refractivity (Wildman–Crippen MR) is 129 cm³/mol. The van der Waals surface area contributed by atoms with Crippen LogP contribution in [0.4, 0.5) is 0 Å². The first-order valence-corrected chi connectivity index (χ1v) is 10.8. The van der Waals surface area contributed by atoms with Gasteiger partial charge in [0.05, 0.1) is 41.3 Å². The summed E-state index contributed by atoms with van der Waals surface area (Å²) >= 11 is 0. The molecule has 0 amide bonds. The first-order chi connectivity index (χ1) is 15.9. The third-order valence-corrected chi connectivity index (χ3v) is 6.29. The lowest BCUT2D eigenvalue weighted by molar-refractivity contribution is 0.379. The first-order valence-electron chi connectivity index (χ1n) is 10.8. The average molecular weight is 415 g/mol. The molecule has 154 valence electrons. The molecule has 6 aromatic rings. The molecule has 0 aliphatic carbocycles. The average Bonchev–Trinajstić information content (AvgIpc) is 3.48. The number of hydrogen-bond acceptors (Lipinski definition) is 2. The molecular formula is C28H22N4. The van der Waals surface area contributed by atoms with E-state index in [1.807, 2.05) is 24.8 Å². The van der Waals surface area contributed by atoms with Crippen LogP contribution in [0.5, 0.6) is 0 Å². The lowest BCUT2D eigenvalue weighted by Crippen LogP contribution is -2.40. The molecule has 0 atom stereocenters. The summed E-state index contributed by atoms with van der Waals surface area (Å²) in [5.74, 6) is 0. The molecule has 4 heteroatoms. The van der Waals surface area contributed by atoms with E-state index in [2.05, 4.69) is 111 Å². The summed E-state index contributed by atoms with van der Waals surface area (Å²) in [6.45, 7) is 0.682. The Labute approximate surface area is 186 Å². The lowest BCUT2D eigenvalue weighted by atomic mass is 9.81. The van der Waals surface area contributed by atoms with Gasteiger partial charge in [-0.3, -0.25) is 0 Å². The smallest absolute Gasteiger partial charge is 0.114 e. The van der Waals surface area contributed by atoms with Crippen molar-refractivity contribution in [2.75, 3.05) is 0 Å². The molecular weight excluding hydrogens is 392 g/mol. The maximum absolute atomic E-state index is 4.77. The van der Waals surface area contributed by atoms with Crippen LogP contribution in [0.1, 0.15) is 11.1 Å². The van der Waals surface area contributed by atoms with Gasteiger partial charge in [-0.05, 0) is 35.4 Å². The Balaban J connectivity index is 1.70. The zero-order valence-electron chi connectivity index (χ0n) is 17.5. The van der Waals surface area contributed by atoms with E-state index in [-0.39, 0.29) is 0 Å². The van der Waals surface area contributed by atoms with Crippen LogP contribution < -0.4 is 0 Å². The minimum atomic E-state index is -0.512. The van der Waals surface area contributed by atoms with Crippen molar-refractivity contribution in [3.63, 3.8) is 0 Å². The summed E-state index contributed by atoms with van der Waals surface area (Å²) in [5, 5.41) is 0.